The first-order valence-electron chi connectivity index (χ1n) is 13.2. The monoisotopic (exact) mass is 467 g/mol. The lowest BCUT2D eigenvalue weighted by Gasteiger charge is -2.33. The SMILES string of the molecule is c1ccc2c(c1)Oc1cccc3c1B2c1ccc(-n2c4c(c5ccccc52)CCCCCC4)cc1O3. The molecule has 1 aliphatic carbocycles. The molecule has 0 amide bonds. The maximum absolute atomic E-state index is 6.59. The smallest absolute Gasteiger partial charge is 0.260 e. The molecule has 0 saturated heterocycles. The Labute approximate surface area is 211 Å². The van der Waals surface area contributed by atoms with Crippen LogP contribution in [-0.2, 0) is 12.8 Å². The van der Waals surface area contributed by atoms with Gasteiger partial charge in [-0.15, -0.1) is 0 Å². The fraction of sp³-hybridized carbons (Fsp3) is 0.188. The number of hydrogen-bond acceptors (Lipinski definition) is 2. The van der Waals surface area contributed by atoms with Crippen molar-refractivity contribution in [2.75, 3.05) is 0 Å². The van der Waals surface area contributed by atoms with Gasteiger partial charge in [0.15, 0.2) is 0 Å². The zero-order valence-electron chi connectivity index (χ0n) is 20.2. The number of hydrogen-bond donors (Lipinski definition) is 0. The summed E-state index contributed by atoms with van der Waals surface area (Å²) in [6.07, 6.45) is 7.47. The van der Waals surface area contributed by atoms with Crippen molar-refractivity contribution in [1.82, 2.24) is 4.57 Å². The van der Waals surface area contributed by atoms with Crippen LogP contribution in [0.1, 0.15) is 36.9 Å². The lowest BCUT2D eigenvalue weighted by molar-refractivity contribution is 0.464. The summed E-state index contributed by atoms with van der Waals surface area (Å²) in [5.41, 5.74) is 9.04. The molecule has 0 N–H and O–H groups in total. The van der Waals surface area contributed by atoms with Crippen LogP contribution in [0.4, 0.5) is 0 Å². The zero-order valence-corrected chi connectivity index (χ0v) is 20.2. The van der Waals surface area contributed by atoms with E-state index >= 15 is 0 Å². The maximum atomic E-state index is 6.59. The van der Waals surface area contributed by atoms with Crippen molar-refractivity contribution in [1.29, 1.82) is 0 Å². The van der Waals surface area contributed by atoms with Gasteiger partial charge in [0.05, 0.1) is 5.52 Å². The lowest BCUT2D eigenvalue weighted by atomic mass is 9.35. The van der Waals surface area contributed by atoms with Crippen LogP contribution in [0.5, 0.6) is 23.0 Å². The van der Waals surface area contributed by atoms with Crippen LogP contribution >= 0.6 is 0 Å². The number of aromatic nitrogens is 1. The molecule has 0 atom stereocenters. The first-order valence-corrected chi connectivity index (χ1v) is 13.2. The Morgan fingerprint density at radius 2 is 1.33 bits per heavy atom. The van der Waals surface area contributed by atoms with Gasteiger partial charge in [-0.2, -0.15) is 0 Å². The maximum Gasteiger partial charge on any atom is 0.260 e. The molecule has 0 spiro atoms. The van der Waals surface area contributed by atoms with Crippen molar-refractivity contribution < 1.29 is 9.47 Å². The molecule has 1 aromatic heterocycles. The Bertz CT molecular complexity index is 1670. The average Bonchev–Trinajstić information content (AvgIpc) is 3.20. The molecule has 8 rings (SSSR count). The predicted molar refractivity (Wildman–Crippen MR) is 147 cm³/mol. The first kappa shape index (κ1) is 20.3. The molecule has 5 aromatic rings. The Hall–Kier alpha value is -3.92. The molecule has 36 heavy (non-hydrogen) atoms. The fourth-order valence-electron chi connectivity index (χ4n) is 6.65. The summed E-state index contributed by atoms with van der Waals surface area (Å²) in [4.78, 5) is 0. The summed E-state index contributed by atoms with van der Waals surface area (Å²) in [7, 11) is 0. The molecule has 0 bridgehead atoms. The summed E-state index contributed by atoms with van der Waals surface area (Å²) < 4.78 is 15.4. The van der Waals surface area contributed by atoms with Gasteiger partial charge in [0.2, 0.25) is 0 Å². The molecule has 0 fully saturated rings. The van der Waals surface area contributed by atoms with Crippen LogP contribution in [0, 0.1) is 0 Å². The van der Waals surface area contributed by atoms with Crippen molar-refractivity contribution in [2.45, 2.75) is 38.5 Å². The van der Waals surface area contributed by atoms with E-state index in [2.05, 4.69) is 71.3 Å². The number of rotatable bonds is 1. The standard InChI is InChI=1S/C32H26BNO2/c1-2-4-13-26-22(10-3-1)23-11-5-7-14-27(23)34(26)21-18-19-25-31(20-21)36-30-17-9-16-29-32(30)33(25)24-12-6-8-15-28(24)35-29/h5-9,11-12,14-20H,1-4,10,13H2. The van der Waals surface area contributed by atoms with Gasteiger partial charge in [-0.25, -0.2) is 0 Å². The van der Waals surface area contributed by atoms with E-state index in [1.807, 2.05) is 18.2 Å². The second-order valence-electron chi connectivity index (χ2n) is 10.3. The Morgan fingerprint density at radius 3 is 2.25 bits per heavy atom. The minimum Gasteiger partial charge on any atom is -0.458 e. The fourth-order valence-corrected chi connectivity index (χ4v) is 6.65. The summed E-state index contributed by atoms with van der Waals surface area (Å²) >= 11 is 0. The highest BCUT2D eigenvalue weighted by Crippen LogP contribution is 2.37. The third kappa shape index (κ3) is 2.88. The van der Waals surface area contributed by atoms with Crippen molar-refractivity contribution >= 4 is 34.0 Å². The van der Waals surface area contributed by atoms with Gasteiger partial charge in [0, 0.05) is 28.3 Å². The highest BCUT2D eigenvalue weighted by molar-refractivity contribution is 6.98. The molecule has 3 heterocycles. The Balaban J connectivity index is 1.34. The predicted octanol–water partition coefficient (Wildman–Crippen LogP) is 6.02. The van der Waals surface area contributed by atoms with E-state index in [4.69, 9.17) is 9.47 Å². The molecule has 4 aromatic carbocycles. The molecule has 0 saturated carbocycles. The van der Waals surface area contributed by atoms with E-state index in [1.54, 1.807) is 0 Å². The van der Waals surface area contributed by atoms with Gasteiger partial charge in [-0.05, 0) is 72.5 Å². The molecule has 4 heteroatoms. The largest absolute Gasteiger partial charge is 0.458 e. The number of ether oxygens (including phenoxy) is 2. The van der Waals surface area contributed by atoms with Crippen LogP contribution in [0.15, 0.2) is 84.9 Å². The number of para-hydroxylation sites is 2. The van der Waals surface area contributed by atoms with E-state index in [-0.39, 0.29) is 6.71 Å². The quantitative estimate of drug-likeness (QED) is 0.276. The normalized spacial score (nSPS) is 15.5. The highest BCUT2D eigenvalue weighted by atomic mass is 16.5. The second-order valence-corrected chi connectivity index (χ2v) is 10.3. The number of benzene rings is 4. The van der Waals surface area contributed by atoms with Crippen molar-refractivity contribution in [2.24, 2.45) is 0 Å². The van der Waals surface area contributed by atoms with Crippen LogP contribution in [-0.4, -0.2) is 11.3 Å². The van der Waals surface area contributed by atoms with Gasteiger partial charge in [-0.1, -0.05) is 61.4 Å². The third-order valence-electron chi connectivity index (χ3n) is 8.23. The summed E-state index contributed by atoms with van der Waals surface area (Å²) in [5.74, 6) is 3.66. The molecule has 2 aliphatic heterocycles. The molecule has 3 nitrogen and oxygen atoms in total. The highest BCUT2D eigenvalue weighted by Gasteiger charge is 2.39. The van der Waals surface area contributed by atoms with E-state index in [0.717, 1.165) is 34.9 Å². The summed E-state index contributed by atoms with van der Waals surface area (Å²) in [6, 6.07) is 30.3. The molecule has 3 aliphatic rings. The molecule has 0 unspecified atom stereocenters. The Kier molecular flexibility index (Phi) is 4.39. The minimum absolute atomic E-state index is 0.112. The van der Waals surface area contributed by atoms with Gasteiger partial charge in [0.1, 0.15) is 23.0 Å². The van der Waals surface area contributed by atoms with Crippen LogP contribution in [0.2, 0.25) is 0 Å². The third-order valence-corrected chi connectivity index (χ3v) is 8.23. The topological polar surface area (TPSA) is 23.4 Å². The molecule has 0 radical (unpaired) electrons. The number of fused-ring (bicyclic) bond motifs is 7. The second kappa shape index (κ2) is 7.79. The number of aryl methyl sites for hydroxylation is 1. The van der Waals surface area contributed by atoms with Crippen LogP contribution in [0.3, 0.4) is 0 Å². The van der Waals surface area contributed by atoms with Crippen molar-refractivity contribution in [3.05, 3.63) is 96.2 Å². The van der Waals surface area contributed by atoms with Crippen LogP contribution < -0.4 is 25.9 Å². The lowest BCUT2D eigenvalue weighted by Crippen LogP contribution is -2.57. The molecular weight excluding hydrogens is 441 g/mol. The van der Waals surface area contributed by atoms with E-state index < -0.39 is 0 Å². The van der Waals surface area contributed by atoms with Gasteiger partial charge >= 0.3 is 0 Å². The van der Waals surface area contributed by atoms with Crippen molar-refractivity contribution in [3.63, 3.8) is 0 Å². The summed E-state index contributed by atoms with van der Waals surface area (Å²) in [6.45, 7) is 0.112. The van der Waals surface area contributed by atoms with Crippen molar-refractivity contribution in [3.8, 4) is 28.7 Å². The summed E-state index contributed by atoms with van der Waals surface area (Å²) in [5, 5.41) is 1.40. The van der Waals surface area contributed by atoms with E-state index in [9.17, 15) is 0 Å². The van der Waals surface area contributed by atoms with Crippen LogP contribution in [0.25, 0.3) is 16.6 Å². The van der Waals surface area contributed by atoms with E-state index in [0.29, 0.717) is 0 Å². The first-order chi connectivity index (χ1) is 17.9. The molecular formula is C32H26BNO2. The molecule has 174 valence electrons. The minimum atomic E-state index is 0.112. The Morgan fingerprint density at radius 1 is 0.611 bits per heavy atom. The zero-order chi connectivity index (χ0) is 23.6. The number of nitrogens with zero attached hydrogens (tertiary/aromatic N) is 1. The van der Waals surface area contributed by atoms with Gasteiger partial charge in [-0.3, -0.25) is 0 Å². The average molecular weight is 467 g/mol. The van der Waals surface area contributed by atoms with Gasteiger partial charge in [0.25, 0.3) is 6.71 Å². The van der Waals surface area contributed by atoms with E-state index in [1.165, 1.54) is 70.9 Å². The van der Waals surface area contributed by atoms with Gasteiger partial charge < -0.3 is 14.0 Å².